The van der Waals surface area contributed by atoms with E-state index in [1.807, 2.05) is 34.6 Å². The maximum absolute atomic E-state index is 11.6. The quantitative estimate of drug-likeness (QED) is 0.703. The Labute approximate surface area is 92.6 Å². The van der Waals surface area contributed by atoms with Gasteiger partial charge >= 0.3 is 0 Å². The molecule has 0 spiro atoms. The molecule has 3 heteroatoms. The summed E-state index contributed by atoms with van der Waals surface area (Å²) in [6.45, 7) is 9.58. The molecule has 0 amide bonds. The zero-order valence-corrected chi connectivity index (χ0v) is 10.5. The van der Waals surface area contributed by atoms with Crippen molar-refractivity contribution in [3.05, 3.63) is 0 Å². The Bertz CT molecular complexity index is 222. The van der Waals surface area contributed by atoms with Crippen molar-refractivity contribution >= 4 is 11.6 Å². The van der Waals surface area contributed by atoms with Crippen LogP contribution in [0.3, 0.4) is 0 Å². The lowest BCUT2D eigenvalue weighted by molar-refractivity contribution is -0.126. The fourth-order valence-electron chi connectivity index (χ4n) is 1.34. The Hall–Kier alpha value is -0.700. The van der Waals surface area contributed by atoms with Gasteiger partial charge in [-0.25, -0.2) is 0 Å². The minimum atomic E-state index is -0.148. The van der Waals surface area contributed by atoms with Crippen molar-refractivity contribution in [2.75, 3.05) is 0 Å². The van der Waals surface area contributed by atoms with Crippen molar-refractivity contribution < 1.29 is 9.59 Å². The zero-order valence-electron chi connectivity index (χ0n) is 10.5. The van der Waals surface area contributed by atoms with Crippen LogP contribution >= 0.6 is 0 Å². The Morgan fingerprint density at radius 1 is 0.933 bits per heavy atom. The second-order valence-electron chi connectivity index (χ2n) is 4.63. The molecule has 0 aromatic carbocycles. The van der Waals surface area contributed by atoms with Gasteiger partial charge in [-0.15, -0.1) is 0 Å². The van der Waals surface area contributed by atoms with E-state index in [-0.39, 0.29) is 23.5 Å². The molecule has 1 N–H and O–H groups in total. The number of ketones is 2. The van der Waals surface area contributed by atoms with Gasteiger partial charge in [-0.1, -0.05) is 27.7 Å². The average Bonchev–Trinajstić information content (AvgIpc) is 2.12. The summed E-state index contributed by atoms with van der Waals surface area (Å²) in [5.74, 6) is 0.323. The number of rotatable bonds is 7. The van der Waals surface area contributed by atoms with Gasteiger partial charge in [0.2, 0.25) is 0 Å². The van der Waals surface area contributed by atoms with E-state index in [4.69, 9.17) is 0 Å². The Morgan fingerprint density at radius 2 is 1.40 bits per heavy atom. The molecule has 0 rings (SSSR count). The molecule has 1 atom stereocenters. The standard InChI is InChI=1S/C12H23NO2/c1-8(2)11(14)6-7-12(15)10(5)13-9(3)4/h8-10,13H,6-7H2,1-5H3/t10-/m1/s1. The van der Waals surface area contributed by atoms with Crippen LogP contribution in [0, 0.1) is 5.92 Å². The molecule has 0 aliphatic heterocycles. The van der Waals surface area contributed by atoms with E-state index in [1.165, 1.54) is 0 Å². The largest absolute Gasteiger partial charge is 0.305 e. The SMILES string of the molecule is CC(C)N[C@H](C)C(=O)CCC(=O)C(C)C. The number of nitrogens with one attached hydrogen (secondary N) is 1. The third-order valence-electron chi connectivity index (χ3n) is 2.33. The Morgan fingerprint density at radius 3 is 1.80 bits per heavy atom. The summed E-state index contributed by atoms with van der Waals surface area (Å²) in [7, 11) is 0. The lowest BCUT2D eigenvalue weighted by Crippen LogP contribution is -2.38. The highest BCUT2D eigenvalue weighted by Crippen LogP contribution is 2.04. The summed E-state index contributed by atoms with van der Waals surface area (Å²) < 4.78 is 0. The van der Waals surface area contributed by atoms with E-state index in [0.29, 0.717) is 18.9 Å². The highest BCUT2D eigenvalue weighted by atomic mass is 16.1. The highest BCUT2D eigenvalue weighted by molar-refractivity contribution is 5.89. The van der Waals surface area contributed by atoms with Gasteiger partial charge < -0.3 is 5.32 Å². The van der Waals surface area contributed by atoms with Crippen molar-refractivity contribution in [3.8, 4) is 0 Å². The lowest BCUT2D eigenvalue weighted by atomic mass is 10.0. The smallest absolute Gasteiger partial charge is 0.149 e. The molecule has 0 heterocycles. The molecular formula is C12H23NO2. The van der Waals surface area contributed by atoms with Gasteiger partial charge in [0.05, 0.1) is 6.04 Å². The van der Waals surface area contributed by atoms with E-state index in [1.54, 1.807) is 0 Å². The van der Waals surface area contributed by atoms with Crippen molar-refractivity contribution in [2.24, 2.45) is 5.92 Å². The van der Waals surface area contributed by atoms with Gasteiger partial charge in [0, 0.05) is 24.8 Å². The maximum Gasteiger partial charge on any atom is 0.149 e. The summed E-state index contributed by atoms with van der Waals surface area (Å²) in [6.07, 6.45) is 0.735. The van der Waals surface area contributed by atoms with Crippen molar-refractivity contribution in [2.45, 2.75) is 59.5 Å². The third kappa shape index (κ3) is 6.39. The first-order chi connectivity index (χ1) is 6.84. The lowest BCUT2D eigenvalue weighted by Gasteiger charge is -2.15. The molecule has 0 fully saturated rings. The molecule has 0 saturated carbocycles. The molecular weight excluding hydrogens is 190 g/mol. The van der Waals surface area contributed by atoms with Gasteiger partial charge in [-0.3, -0.25) is 9.59 Å². The van der Waals surface area contributed by atoms with Crippen LogP contribution in [0.15, 0.2) is 0 Å². The minimum Gasteiger partial charge on any atom is -0.305 e. The zero-order chi connectivity index (χ0) is 12.0. The van der Waals surface area contributed by atoms with Gasteiger partial charge in [0.25, 0.3) is 0 Å². The molecule has 0 aliphatic carbocycles. The average molecular weight is 213 g/mol. The first-order valence-corrected chi connectivity index (χ1v) is 5.66. The van der Waals surface area contributed by atoms with Crippen LogP contribution in [-0.4, -0.2) is 23.7 Å². The van der Waals surface area contributed by atoms with Crippen LogP contribution in [0.4, 0.5) is 0 Å². The number of hydrogen-bond donors (Lipinski definition) is 1. The Balaban J connectivity index is 3.88. The molecule has 0 unspecified atom stereocenters. The van der Waals surface area contributed by atoms with E-state index >= 15 is 0 Å². The predicted molar refractivity (Wildman–Crippen MR) is 61.8 cm³/mol. The van der Waals surface area contributed by atoms with Crippen molar-refractivity contribution in [1.29, 1.82) is 0 Å². The Kier molecular flexibility index (Phi) is 6.41. The summed E-state index contributed by atoms with van der Waals surface area (Å²) in [6, 6.07) is 0.148. The fourth-order valence-corrected chi connectivity index (χ4v) is 1.34. The highest BCUT2D eigenvalue weighted by Gasteiger charge is 2.15. The van der Waals surface area contributed by atoms with Crippen molar-refractivity contribution in [1.82, 2.24) is 5.32 Å². The van der Waals surface area contributed by atoms with Gasteiger partial charge in [0.15, 0.2) is 0 Å². The van der Waals surface area contributed by atoms with Crippen LogP contribution in [0.1, 0.15) is 47.5 Å². The minimum absolute atomic E-state index is 0.0335. The monoisotopic (exact) mass is 213 g/mol. The molecule has 0 aliphatic rings. The summed E-state index contributed by atoms with van der Waals surface area (Å²) in [4.78, 5) is 22.9. The van der Waals surface area contributed by atoms with Crippen LogP contribution in [0.25, 0.3) is 0 Å². The molecule has 0 saturated heterocycles. The molecule has 0 aromatic rings. The van der Waals surface area contributed by atoms with Crippen molar-refractivity contribution in [3.63, 3.8) is 0 Å². The second-order valence-corrected chi connectivity index (χ2v) is 4.63. The first kappa shape index (κ1) is 14.3. The van der Waals surface area contributed by atoms with Crippen LogP contribution in [-0.2, 0) is 9.59 Å². The van der Waals surface area contributed by atoms with Crippen LogP contribution < -0.4 is 5.32 Å². The second kappa shape index (κ2) is 6.72. The van der Waals surface area contributed by atoms with Gasteiger partial charge in [-0.2, -0.15) is 0 Å². The van der Waals surface area contributed by atoms with Gasteiger partial charge in [0.1, 0.15) is 11.6 Å². The van der Waals surface area contributed by atoms with E-state index in [9.17, 15) is 9.59 Å². The molecule has 0 aromatic heterocycles. The number of hydrogen-bond acceptors (Lipinski definition) is 3. The molecule has 3 nitrogen and oxygen atoms in total. The normalized spacial score (nSPS) is 13.3. The molecule has 0 bridgehead atoms. The summed E-state index contributed by atoms with van der Waals surface area (Å²) in [5, 5.41) is 3.13. The fraction of sp³-hybridized carbons (Fsp3) is 0.833. The van der Waals surface area contributed by atoms with E-state index < -0.39 is 0 Å². The number of carbonyl (C=O) groups is 2. The van der Waals surface area contributed by atoms with Crippen LogP contribution in [0.2, 0.25) is 0 Å². The van der Waals surface area contributed by atoms with Gasteiger partial charge in [-0.05, 0) is 6.92 Å². The topological polar surface area (TPSA) is 46.2 Å². The molecule has 0 radical (unpaired) electrons. The molecule has 88 valence electrons. The number of Topliss-reactive ketones (excluding diaryl/α,β-unsaturated/α-hetero) is 2. The maximum atomic E-state index is 11.6. The number of carbonyl (C=O) groups excluding carboxylic acids is 2. The third-order valence-corrected chi connectivity index (χ3v) is 2.33. The van der Waals surface area contributed by atoms with E-state index in [0.717, 1.165) is 0 Å². The van der Waals surface area contributed by atoms with E-state index in [2.05, 4.69) is 5.32 Å². The molecule has 15 heavy (non-hydrogen) atoms. The predicted octanol–water partition coefficient (Wildman–Crippen LogP) is 1.95. The van der Waals surface area contributed by atoms with Crippen LogP contribution in [0.5, 0.6) is 0 Å². The first-order valence-electron chi connectivity index (χ1n) is 5.66. The summed E-state index contributed by atoms with van der Waals surface area (Å²) in [5.41, 5.74) is 0. The summed E-state index contributed by atoms with van der Waals surface area (Å²) >= 11 is 0.